The molecule has 1 aromatic heterocycles. The molecule has 4 atom stereocenters. The number of carboxylic acid groups (broad SMARTS) is 1. The number of nitrogens with zero attached hydrogens (tertiary/aromatic N) is 1. The number of rotatable bonds is 11. The summed E-state index contributed by atoms with van der Waals surface area (Å²) in [6.07, 6.45) is 3.00. The van der Waals surface area contributed by atoms with E-state index in [9.17, 15) is 19.2 Å². The minimum Gasteiger partial charge on any atom is -0.480 e. The highest BCUT2D eigenvalue weighted by molar-refractivity contribution is 7.80. The van der Waals surface area contributed by atoms with Gasteiger partial charge in [0.25, 0.3) is 0 Å². The molecule has 7 N–H and O–H groups in total. The Hall–Kier alpha value is -2.25. The van der Waals surface area contributed by atoms with Crippen molar-refractivity contribution in [3.8, 4) is 0 Å². The van der Waals surface area contributed by atoms with Crippen LogP contribution in [-0.4, -0.2) is 74.4 Å². The van der Waals surface area contributed by atoms with E-state index in [1.54, 1.807) is 0 Å². The van der Waals surface area contributed by atoms with Gasteiger partial charge in [-0.3, -0.25) is 14.4 Å². The molecule has 28 heavy (non-hydrogen) atoms. The fourth-order valence-electron chi connectivity index (χ4n) is 2.05. The predicted molar refractivity (Wildman–Crippen MR) is 107 cm³/mol. The van der Waals surface area contributed by atoms with E-state index in [2.05, 4.69) is 51.2 Å². The fourth-order valence-corrected chi connectivity index (χ4v) is 2.46. The van der Waals surface area contributed by atoms with E-state index in [-0.39, 0.29) is 17.9 Å². The van der Waals surface area contributed by atoms with Gasteiger partial charge in [-0.1, -0.05) is 0 Å². The van der Waals surface area contributed by atoms with Gasteiger partial charge in [-0.15, -0.1) is 0 Å². The molecule has 156 valence electrons. The molecule has 0 fully saturated rings. The van der Waals surface area contributed by atoms with Crippen LogP contribution in [0.4, 0.5) is 0 Å². The minimum atomic E-state index is -1.24. The molecule has 0 spiro atoms. The van der Waals surface area contributed by atoms with Crippen LogP contribution < -0.4 is 21.7 Å². The van der Waals surface area contributed by atoms with Crippen molar-refractivity contribution >= 4 is 48.9 Å². The molecule has 3 amide bonds. The van der Waals surface area contributed by atoms with E-state index in [1.165, 1.54) is 19.4 Å². The van der Waals surface area contributed by atoms with Crippen LogP contribution in [0, 0.1) is 0 Å². The average molecular weight is 433 g/mol. The highest BCUT2D eigenvalue weighted by atomic mass is 32.1. The molecule has 0 aromatic carbocycles. The van der Waals surface area contributed by atoms with Gasteiger partial charge in [0, 0.05) is 29.8 Å². The van der Waals surface area contributed by atoms with Crippen LogP contribution in [0.15, 0.2) is 12.5 Å². The van der Waals surface area contributed by atoms with E-state index in [0.29, 0.717) is 5.69 Å². The van der Waals surface area contributed by atoms with Crippen molar-refractivity contribution in [3.05, 3.63) is 18.2 Å². The van der Waals surface area contributed by atoms with Crippen LogP contribution in [0.5, 0.6) is 0 Å². The number of H-pyrrole nitrogens is 1. The topological polar surface area (TPSA) is 179 Å². The van der Waals surface area contributed by atoms with Gasteiger partial charge in [0.15, 0.2) is 0 Å². The number of hydrogen-bond donors (Lipinski definition) is 8. The summed E-state index contributed by atoms with van der Waals surface area (Å²) in [5.41, 5.74) is 6.20. The number of nitrogens with two attached hydrogens (primary N) is 1. The summed E-state index contributed by atoms with van der Waals surface area (Å²) in [6.45, 7) is 1.39. The Morgan fingerprint density at radius 2 is 1.75 bits per heavy atom. The molecule has 11 nitrogen and oxygen atoms in total. The molecule has 0 aliphatic carbocycles. The van der Waals surface area contributed by atoms with Crippen LogP contribution in [0.3, 0.4) is 0 Å². The Morgan fingerprint density at radius 3 is 2.25 bits per heavy atom. The van der Waals surface area contributed by atoms with E-state index in [0.717, 1.165) is 0 Å². The van der Waals surface area contributed by atoms with Gasteiger partial charge in [-0.2, -0.15) is 25.3 Å². The lowest BCUT2D eigenvalue weighted by Gasteiger charge is -2.22. The van der Waals surface area contributed by atoms with Crippen LogP contribution in [-0.2, 0) is 25.6 Å². The highest BCUT2D eigenvalue weighted by Gasteiger charge is 2.28. The summed E-state index contributed by atoms with van der Waals surface area (Å²) in [5.74, 6) is -3.19. The minimum absolute atomic E-state index is 0.0829. The lowest BCUT2D eigenvalue weighted by molar-refractivity contribution is -0.141. The molecular formula is C15H24N6O5S2. The quantitative estimate of drug-likeness (QED) is 0.181. The standard InChI is InChI=1S/C15H24N6O5S2/c1-7(12(22)21-11(5-28)15(25)26)19-14(24)10(2-8-3-17-6-18-8)20-13(23)9(16)4-27/h3,6-7,9-11,27-28H,2,4-5,16H2,1H3,(H,17,18)(H,19,24)(H,20,23)(H,21,22)(H,25,26). The van der Waals surface area contributed by atoms with Crippen molar-refractivity contribution in [2.75, 3.05) is 11.5 Å². The maximum atomic E-state index is 12.6. The van der Waals surface area contributed by atoms with Crippen molar-refractivity contribution in [2.24, 2.45) is 5.73 Å². The molecule has 13 heteroatoms. The number of nitrogens with one attached hydrogen (secondary N) is 4. The van der Waals surface area contributed by atoms with Gasteiger partial charge in [0.2, 0.25) is 17.7 Å². The number of carbonyl (C=O) groups excluding carboxylic acids is 3. The predicted octanol–water partition coefficient (Wildman–Crippen LogP) is -2.30. The normalized spacial score (nSPS) is 15.0. The SMILES string of the molecule is CC(NC(=O)C(Cc1cnc[nH]1)NC(=O)C(N)CS)C(=O)NC(CS)C(=O)O. The summed E-state index contributed by atoms with van der Waals surface area (Å²) in [7, 11) is 0. The van der Waals surface area contributed by atoms with Gasteiger partial charge in [0.1, 0.15) is 18.1 Å². The second kappa shape index (κ2) is 11.6. The van der Waals surface area contributed by atoms with Gasteiger partial charge >= 0.3 is 5.97 Å². The first-order chi connectivity index (χ1) is 13.2. The summed E-state index contributed by atoms with van der Waals surface area (Å²) < 4.78 is 0. The first kappa shape index (κ1) is 23.8. The van der Waals surface area contributed by atoms with E-state index < -0.39 is 47.9 Å². The Balaban J connectivity index is 2.79. The number of carbonyl (C=O) groups is 4. The number of carboxylic acids is 1. The van der Waals surface area contributed by atoms with E-state index >= 15 is 0 Å². The largest absolute Gasteiger partial charge is 0.480 e. The Labute approximate surface area is 172 Å². The van der Waals surface area contributed by atoms with Gasteiger partial charge in [0.05, 0.1) is 12.4 Å². The van der Waals surface area contributed by atoms with Crippen molar-refractivity contribution in [1.82, 2.24) is 25.9 Å². The summed E-state index contributed by atoms with van der Waals surface area (Å²) in [5, 5.41) is 16.2. The molecule has 1 rings (SSSR count). The molecule has 0 saturated heterocycles. The third kappa shape index (κ3) is 7.40. The summed E-state index contributed by atoms with van der Waals surface area (Å²) in [6, 6.07) is -4.18. The number of hydrogen-bond acceptors (Lipinski definition) is 8. The molecule has 1 aromatic rings. The summed E-state index contributed by atoms with van der Waals surface area (Å²) in [4.78, 5) is 54.4. The lowest BCUT2D eigenvalue weighted by atomic mass is 10.1. The molecule has 4 unspecified atom stereocenters. The zero-order valence-electron chi connectivity index (χ0n) is 15.1. The monoisotopic (exact) mass is 432 g/mol. The highest BCUT2D eigenvalue weighted by Crippen LogP contribution is 2.01. The third-order valence-electron chi connectivity index (χ3n) is 3.69. The van der Waals surface area contributed by atoms with E-state index in [1.807, 2.05) is 0 Å². The number of aromatic amines is 1. The van der Waals surface area contributed by atoms with Crippen molar-refractivity contribution in [2.45, 2.75) is 37.5 Å². The number of thiol groups is 2. The van der Waals surface area contributed by atoms with E-state index in [4.69, 9.17) is 10.8 Å². The van der Waals surface area contributed by atoms with Crippen molar-refractivity contribution in [3.63, 3.8) is 0 Å². The molecule has 0 radical (unpaired) electrons. The Morgan fingerprint density at radius 1 is 1.11 bits per heavy atom. The van der Waals surface area contributed by atoms with Gasteiger partial charge in [-0.25, -0.2) is 9.78 Å². The second-order valence-corrected chi connectivity index (χ2v) is 6.67. The Kier molecular flexibility index (Phi) is 9.82. The van der Waals surface area contributed by atoms with Crippen LogP contribution in [0.25, 0.3) is 0 Å². The smallest absolute Gasteiger partial charge is 0.327 e. The lowest BCUT2D eigenvalue weighted by Crippen LogP contribution is -2.57. The molecule has 0 aliphatic heterocycles. The average Bonchev–Trinajstić information content (AvgIpc) is 3.17. The maximum absolute atomic E-state index is 12.6. The van der Waals surface area contributed by atoms with Gasteiger partial charge < -0.3 is 31.8 Å². The van der Waals surface area contributed by atoms with Crippen molar-refractivity contribution in [1.29, 1.82) is 0 Å². The number of amides is 3. The number of imidazole rings is 1. The first-order valence-corrected chi connectivity index (χ1v) is 9.54. The van der Waals surface area contributed by atoms with Crippen LogP contribution >= 0.6 is 25.3 Å². The molecule has 0 saturated carbocycles. The van der Waals surface area contributed by atoms with Gasteiger partial charge in [-0.05, 0) is 6.92 Å². The van der Waals surface area contributed by atoms with Crippen LogP contribution in [0.2, 0.25) is 0 Å². The zero-order chi connectivity index (χ0) is 21.3. The van der Waals surface area contributed by atoms with Crippen LogP contribution in [0.1, 0.15) is 12.6 Å². The maximum Gasteiger partial charge on any atom is 0.327 e. The molecular weight excluding hydrogens is 408 g/mol. The third-order valence-corrected chi connectivity index (χ3v) is 4.45. The first-order valence-electron chi connectivity index (χ1n) is 8.28. The second-order valence-electron chi connectivity index (χ2n) is 5.94. The number of aromatic nitrogens is 2. The molecule has 0 bridgehead atoms. The zero-order valence-corrected chi connectivity index (χ0v) is 16.9. The fraction of sp³-hybridized carbons (Fsp3) is 0.533. The Bertz CT molecular complexity index is 686. The number of aliphatic carboxylic acids is 1. The molecule has 0 aliphatic rings. The molecule has 1 heterocycles. The summed E-state index contributed by atoms with van der Waals surface area (Å²) >= 11 is 7.81. The van der Waals surface area contributed by atoms with Crippen molar-refractivity contribution < 1.29 is 24.3 Å².